The summed E-state index contributed by atoms with van der Waals surface area (Å²) in [5.41, 5.74) is 5.91. The van der Waals surface area contributed by atoms with E-state index >= 15 is 0 Å². The largest absolute Gasteiger partial charge is 0.487 e. The number of nitrogens with two attached hydrogens (primary N) is 1. The number of hydrogen-bond donors (Lipinski definition) is 1. The fraction of sp³-hybridized carbons (Fsp3) is 0.167. The Morgan fingerprint density at radius 2 is 2.33 bits per heavy atom. The summed E-state index contributed by atoms with van der Waals surface area (Å²) in [5.74, 6) is 1.31. The van der Waals surface area contributed by atoms with Crippen molar-refractivity contribution in [3.8, 4) is 11.4 Å². The summed E-state index contributed by atoms with van der Waals surface area (Å²) in [7, 11) is 0. The van der Waals surface area contributed by atoms with E-state index in [2.05, 4.69) is 4.98 Å². The van der Waals surface area contributed by atoms with E-state index in [-0.39, 0.29) is 6.61 Å². The molecule has 0 saturated heterocycles. The lowest BCUT2D eigenvalue weighted by Crippen LogP contribution is -2.22. The number of carbonyl (C=O) groups is 1. The molecule has 18 heavy (non-hydrogen) atoms. The third-order valence-corrected chi connectivity index (χ3v) is 2.73. The van der Waals surface area contributed by atoms with Crippen LogP contribution in [0, 0.1) is 0 Å². The lowest BCUT2D eigenvalue weighted by atomic mass is 10.3. The van der Waals surface area contributed by atoms with Gasteiger partial charge in [-0.3, -0.25) is 4.57 Å². The molecule has 0 spiro atoms. The summed E-state index contributed by atoms with van der Waals surface area (Å²) in [6.07, 6.45) is 1.99. The number of carbonyl (C=O) groups excluding carboxylic acids is 1. The Balaban J connectivity index is 2.09. The molecule has 0 fully saturated rings. The molecule has 3 rings (SSSR count). The molecular weight excluding hydrogens is 234 g/mol. The molecule has 0 bridgehead atoms. The monoisotopic (exact) mass is 245 g/mol. The molecule has 92 valence electrons. The van der Waals surface area contributed by atoms with Gasteiger partial charge in [0.15, 0.2) is 11.9 Å². The van der Waals surface area contributed by atoms with Gasteiger partial charge in [0.2, 0.25) is 0 Å². The molecule has 6 nitrogen and oxygen atoms in total. The predicted molar refractivity (Wildman–Crippen MR) is 62.5 cm³/mol. The van der Waals surface area contributed by atoms with Crippen molar-refractivity contribution in [1.82, 2.24) is 9.55 Å². The highest BCUT2D eigenvalue weighted by Crippen LogP contribution is 2.31. The number of hydrogen-bond acceptors (Lipinski definition) is 4. The molecule has 0 aliphatic carbocycles. The number of ether oxygens (including phenoxy) is 2. The zero-order chi connectivity index (χ0) is 12.5. The number of benzene rings is 1. The molecule has 1 aliphatic heterocycles. The molecule has 0 saturated carbocycles. The van der Waals surface area contributed by atoms with Crippen LogP contribution in [-0.4, -0.2) is 22.3 Å². The van der Waals surface area contributed by atoms with Crippen LogP contribution in [0.25, 0.3) is 5.69 Å². The number of primary amides is 1. The molecule has 1 atom stereocenters. The van der Waals surface area contributed by atoms with Crippen molar-refractivity contribution in [2.45, 2.75) is 6.10 Å². The van der Waals surface area contributed by atoms with E-state index in [0.717, 1.165) is 5.69 Å². The normalized spacial score (nSPS) is 17.0. The van der Waals surface area contributed by atoms with E-state index in [0.29, 0.717) is 11.6 Å². The number of amides is 1. The molecular formula is C12H11N3O3. The van der Waals surface area contributed by atoms with Crippen molar-refractivity contribution in [3.63, 3.8) is 0 Å². The van der Waals surface area contributed by atoms with Crippen LogP contribution < -0.4 is 10.5 Å². The Bertz CT molecular complexity index is 594. The van der Waals surface area contributed by atoms with Gasteiger partial charge in [-0.25, -0.2) is 9.78 Å². The molecule has 2 aromatic rings. The van der Waals surface area contributed by atoms with Crippen LogP contribution in [0.5, 0.6) is 5.75 Å². The van der Waals surface area contributed by atoms with E-state index in [4.69, 9.17) is 15.2 Å². The first-order valence-corrected chi connectivity index (χ1v) is 5.47. The number of rotatable bonds is 1. The summed E-state index contributed by atoms with van der Waals surface area (Å²) in [6, 6.07) is 7.55. The zero-order valence-corrected chi connectivity index (χ0v) is 9.45. The smallest absolute Gasteiger partial charge is 0.405 e. The van der Waals surface area contributed by atoms with E-state index < -0.39 is 12.2 Å². The lowest BCUT2D eigenvalue weighted by molar-refractivity contribution is 0.0685. The van der Waals surface area contributed by atoms with E-state index in [9.17, 15) is 4.79 Å². The fourth-order valence-electron chi connectivity index (χ4n) is 2.00. The minimum atomic E-state index is -0.843. The minimum Gasteiger partial charge on any atom is -0.487 e. The topological polar surface area (TPSA) is 79.4 Å². The van der Waals surface area contributed by atoms with Gasteiger partial charge in [-0.15, -0.1) is 0 Å². The Morgan fingerprint density at radius 1 is 1.50 bits per heavy atom. The van der Waals surface area contributed by atoms with Gasteiger partial charge in [0.25, 0.3) is 0 Å². The number of imidazole rings is 1. The summed E-state index contributed by atoms with van der Waals surface area (Å²) in [4.78, 5) is 15.1. The molecule has 0 radical (unpaired) electrons. The second-order valence-electron chi connectivity index (χ2n) is 3.86. The molecule has 1 unspecified atom stereocenters. The lowest BCUT2D eigenvalue weighted by Gasteiger charge is -2.13. The Labute approximate surface area is 103 Å². The quantitative estimate of drug-likeness (QED) is 0.823. The summed E-state index contributed by atoms with van der Waals surface area (Å²) < 4.78 is 12.5. The second kappa shape index (κ2) is 4.06. The highest BCUT2D eigenvalue weighted by molar-refractivity contribution is 5.65. The van der Waals surface area contributed by atoms with Crippen LogP contribution in [0.3, 0.4) is 0 Å². The SMILES string of the molecule is NC(=O)OC1COc2ccccc2-n2ccnc21. The van der Waals surface area contributed by atoms with Gasteiger partial charge >= 0.3 is 6.09 Å². The van der Waals surface area contributed by atoms with Crippen LogP contribution >= 0.6 is 0 Å². The van der Waals surface area contributed by atoms with Crippen molar-refractivity contribution < 1.29 is 14.3 Å². The maximum Gasteiger partial charge on any atom is 0.405 e. The summed E-state index contributed by atoms with van der Waals surface area (Å²) >= 11 is 0. The average Bonchev–Trinajstić information content (AvgIpc) is 2.78. The van der Waals surface area contributed by atoms with Crippen LogP contribution in [0.4, 0.5) is 4.79 Å². The first kappa shape index (κ1) is 10.6. The van der Waals surface area contributed by atoms with Crippen LogP contribution in [0.2, 0.25) is 0 Å². The van der Waals surface area contributed by atoms with E-state index in [1.165, 1.54) is 0 Å². The first-order valence-electron chi connectivity index (χ1n) is 5.47. The van der Waals surface area contributed by atoms with Crippen molar-refractivity contribution in [2.24, 2.45) is 5.73 Å². The van der Waals surface area contributed by atoms with E-state index in [1.807, 2.05) is 28.8 Å². The predicted octanol–water partition coefficient (Wildman–Crippen LogP) is 1.40. The highest BCUT2D eigenvalue weighted by atomic mass is 16.6. The minimum absolute atomic E-state index is 0.191. The van der Waals surface area contributed by atoms with Gasteiger partial charge in [0, 0.05) is 12.4 Å². The molecule has 1 aliphatic rings. The Morgan fingerprint density at radius 3 is 3.17 bits per heavy atom. The van der Waals surface area contributed by atoms with Crippen molar-refractivity contribution in [1.29, 1.82) is 0 Å². The maximum absolute atomic E-state index is 10.9. The fourth-order valence-corrected chi connectivity index (χ4v) is 2.00. The molecule has 1 aromatic heterocycles. The average molecular weight is 245 g/mol. The number of fused-ring (bicyclic) bond motifs is 3. The Hall–Kier alpha value is -2.50. The highest BCUT2D eigenvalue weighted by Gasteiger charge is 2.26. The van der Waals surface area contributed by atoms with E-state index in [1.54, 1.807) is 12.4 Å². The van der Waals surface area contributed by atoms with Crippen LogP contribution in [0.1, 0.15) is 11.9 Å². The third kappa shape index (κ3) is 1.67. The van der Waals surface area contributed by atoms with Crippen molar-refractivity contribution in [2.75, 3.05) is 6.61 Å². The van der Waals surface area contributed by atoms with Gasteiger partial charge in [-0.2, -0.15) is 0 Å². The standard InChI is InChI=1S/C12H11N3O3/c13-12(16)18-10-7-17-9-4-2-1-3-8(9)15-6-5-14-11(10)15/h1-6,10H,7H2,(H2,13,16). The van der Waals surface area contributed by atoms with Gasteiger partial charge in [-0.1, -0.05) is 12.1 Å². The summed E-state index contributed by atoms with van der Waals surface area (Å²) in [6.45, 7) is 0.191. The number of para-hydroxylation sites is 2. The number of aromatic nitrogens is 2. The van der Waals surface area contributed by atoms with Gasteiger partial charge in [0.1, 0.15) is 12.4 Å². The van der Waals surface area contributed by atoms with Gasteiger partial charge < -0.3 is 15.2 Å². The summed E-state index contributed by atoms with van der Waals surface area (Å²) in [5, 5.41) is 0. The maximum atomic E-state index is 10.9. The molecule has 1 aromatic carbocycles. The number of nitrogens with zero attached hydrogens (tertiary/aromatic N) is 2. The Kier molecular flexibility index (Phi) is 2.40. The molecule has 6 heteroatoms. The molecule has 1 amide bonds. The first-order chi connectivity index (χ1) is 8.75. The third-order valence-electron chi connectivity index (χ3n) is 2.73. The zero-order valence-electron chi connectivity index (χ0n) is 9.45. The van der Waals surface area contributed by atoms with Crippen LogP contribution in [0.15, 0.2) is 36.7 Å². The van der Waals surface area contributed by atoms with Crippen LogP contribution in [-0.2, 0) is 4.74 Å². The molecule has 2 heterocycles. The molecule has 2 N–H and O–H groups in total. The second-order valence-corrected chi connectivity index (χ2v) is 3.86. The van der Waals surface area contributed by atoms with Gasteiger partial charge in [0.05, 0.1) is 5.69 Å². The van der Waals surface area contributed by atoms with Crippen molar-refractivity contribution in [3.05, 3.63) is 42.5 Å². The van der Waals surface area contributed by atoms with Gasteiger partial charge in [-0.05, 0) is 12.1 Å². The van der Waals surface area contributed by atoms with Crippen molar-refractivity contribution >= 4 is 6.09 Å².